The van der Waals surface area contributed by atoms with Crippen molar-refractivity contribution in [3.8, 4) is 0 Å². The predicted molar refractivity (Wildman–Crippen MR) is 51.3 cm³/mol. The third-order valence-corrected chi connectivity index (χ3v) is 2.75. The quantitative estimate of drug-likeness (QED) is 0.705. The summed E-state index contributed by atoms with van der Waals surface area (Å²) in [6.45, 7) is 1.92. The van der Waals surface area contributed by atoms with Gasteiger partial charge in [-0.1, -0.05) is 6.42 Å². The summed E-state index contributed by atoms with van der Waals surface area (Å²) in [5.41, 5.74) is 7.12. The topological polar surface area (TPSA) is 51.8 Å². The molecule has 1 aliphatic rings. The van der Waals surface area contributed by atoms with Crippen molar-refractivity contribution in [3.05, 3.63) is 23.8 Å². The van der Waals surface area contributed by atoms with Crippen LogP contribution >= 0.6 is 0 Å². The fraction of sp³-hybridized carbons (Fsp3) is 0.600. The average Bonchev–Trinajstić information content (AvgIpc) is 2.51. The van der Waals surface area contributed by atoms with E-state index in [2.05, 4.69) is 9.97 Å². The highest BCUT2D eigenvalue weighted by Crippen LogP contribution is 2.31. The van der Waals surface area contributed by atoms with Crippen LogP contribution in [0.25, 0.3) is 0 Å². The van der Waals surface area contributed by atoms with Crippen LogP contribution in [0.2, 0.25) is 0 Å². The summed E-state index contributed by atoms with van der Waals surface area (Å²) in [4.78, 5) is 8.50. The van der Waals surface area contributed by atoms with Crippen molar-refractivity contribution in [2.75, 3.05) is 0 Å². The SMILES string of the molecule is Cc1nccc(C2CCCC2N)n1. The molecule has 0 radical (unpaired) electrons. The van der Waals surface area contributed by atoms with E-state index >= 15 is 0 Å². The minimum absolute atomic E-state index is 0.300. The van der Waals surface area contributed by atoms with Gasteiger partial charge in [0, 0.05) is 23.9 Å². The first-order valence-electron chi connectivity index (χ1n) is 4.82. The molecule has 0 aromatic carbocycles. The lowest BCUT2D eigenvalue weighted by molar-refractivity contribution is 0.595. The van der Waals surface area contributed by atoms with Crippen LogP contribution in [0.4, 0.5) is 0 Å². The minimum Gasteiger partial charge on any atom is -0.327 e. The molecule has 3 heteroatoms. The Morgan fingerprint density at radius 3 is 2.92 bits per heavy atom. The molecule has 0 spiro atoms. The van der Waals surface area contributed by atoms with Gasteiger partial charge in [-0.3, -0.25) is 0 Å². The highest BCUT2D eigenvalue weighted by atomic mass is 14.9. The molecule has 2 rings (SSSR count). The average molecular weight is 177 g/mol. The maximum atomic E-state index is 6.00. The molecule has 1 fully saturated rings. The molecule has 1 saturated carbocycles. The van der Waals surface area contributed by atoms with Crippen LogP contribution < -0.4 is 5.73 Å². The number of rotatable bonds is 1. The Kier molecular flexibility index (Phi) is 2.27. The first-order chi connectivity index (χ1) is 6.27. The monoisotopic (exact) mass is 177 g/mol. The van der Waals surface area contributed by atoms with Crippen molar-refractivity contribution in [3.63, 3.8) is 0 Å². The van der Waals surface area contributed by atoms with Gasteiger partial charge < -0.3 is 5.73 Å². The lowest BCUT2D eigenvalue weighted by atomic mass is 10.0. The van der Waals surface area contributed by atoms with E-state index < -0.39 is 0 Å². The van der Waals surface area contributed by atoms with Gasteiger partial charge in [0.1, 0.15) is 5.82 Å². The van der Waals surface area contributed by atoms with Crippen molar-refractivity contribution in [1.29, 1.82) is 0 Å². The number of hydrogen-bond acceptors (Lipinski definition) is 3. The van der Waals surface area contributed by atoms with E-state index in [1.807, 2.05) is 19.2 Å². The smallest absolute Gasteiger partial charge is 0.125 e. The van der Waals surface area contributed by atoms with E-state index in [0.29, 0.717) is 12.0 Å². The van der Waals surface area contributed by atoms with Crippen molar-refractivity contribution in [2.45, 2.75) is 38.1 Å². The van der Waals surface area contributed by atoms with Crippen LogP contribution in [-0.2, 0) is 0 Å². The van der Waals surface area contributed by atoms with Gasteiger partial charge in [-0.2, -0.15) is 0 Å². The molecule has 2 unspecified atom stereocenters. The number of aromatic nitrogens is 2. The standard InChI is InChI=1S/C10H15N3/c1-7-12-6-5-10(13-7)8-3-2-4-9(8)11/h5-6,8-9H,2-4,11H2,1H3. The number of hydrogen-bond donors (Lipinski definition) is 1. The zero-order chi connectivity index (χ0) is 9.26. The molecule has 1 aromatic rings. The number of nitrogens with two attached hydrogens (primary N) is 1. The fourth-order valence-corrected chi connectivity index (χ4v) is 2.04. The lowest BCUT2D eigenvalue weighted by Gasteiger charge is -2.14. The Morgan fingerprint density at radius 1 is 1.46 bits per heavy atom. The van der Waals surface area contributed by atoms with Crippen LogP contribution in [0.5, 0.6) is 0 Å². The third kappa shape index (κ3) is 1.70. The number of nitrogens with zero attached hydrogens (tertiary/aromatic N) is 2. The normalized spacial score (nSPS) is 27.8. The van der Waals surface area contributed by atoms with Crippen LogP contribution in [0.1, 0.15) is 36.7 Å². The minimum atomic E-state index is 0.300. The van der Waals surface area contributed by atoms with Crippen molar-refractivity contribution in [2.24, 2.45) is 5.73 Å². The summed E-state index contributed by atoms with van der Waals surface area (Å²) in [6, 6.07) is 2.29. The van der Waals surface area contributed by atoms with Gasteiger partial charge in [0.2, 0.25) is 0 Å². The molecule has 1 aliphatic carbocycles. The van der Waals surface area contributed by atoms with E-state index in [-0.39, 0.29) is 0 Å². The van der Waals surface area contributed by atoms with E-state index in [1.165, 1.54) is 12.8 Å². The van der Waals surface area contributed by atoms with Crippen molar-refractivity contribution in [1.82, 2.24) is 9.97 Å². The van der Waals surface area contributed by atoms with Gasteiger partial charge in [-0.25, -0.2) is 9.97 Å². The molecule has 1 aromatic heterocycles. The molecule has 0 aliphatic heterocycles. The fourth-order valence-electron chi connectivity index (χ4n) is 2.04. The number of aryl methyl sites for hydroxylation is 1. The molecule has 0 amide bonds. The largest absolute Gasteiger partial charge is 0.327 e. The van der Waals surface area contributed by atoms with Gasteiger partial charge in [0.05, 0.1) is 0 Å². The molecule has 2 N–H and O–H groups in total. The predicted octanol–water partition coefficient (Wildman–Crippen LogP) is 1.38. The Morgan fingerprint density at radius 2 is 2.31 bits per heavy atom. The van der Waals surface area contributed by atoms with Gasteiger partial charge >= 0.3 is 0 Å². The zero-order valence-electron chi connectivity index (χ0n) is 7.90. The Hall–Kier alpha value is -0.960. The summed E-state index contributed by atoms with van der Waals surface area (Å²) < 4.78 is 0. The third-order valence-electron chi connectivity index (χ3n) is 2.75. The van der Waals surface area contributed by atoms with Crippen LogP contribution in [-0.4, -0.2) is 16.0 Å². The molecule has 2 atom stereocenters. The Bertz CT molecular complexity index is 298. The van der Waals surface area contributed by atoms with Crippen molar-refractivity contribution >= 4 is 0 Å². The van der Waals surface area contributed by atoms with Crippen molar-refractivity contribution < 1.29 is 0 Å². The van der Waals surface area contributed by atoms with Gasteiger partial charge in [0.25, 0.3) is 0 Å². The van der Waals surface area contributed by atoms with Crippen LogP contribution in [0.15, 0.2) is 12.3 Å². The van der Waals surface area contributed by atoms with Gasteiger partial charge in [0.15, 0.2) is 0 Å². The first kappa shape index (κ1) is 8.63. The van der Waals surface area contributed by atoms with E-state index in [1.54, 1.807) is 0 Å². The second kappa shape index (κ2) is 3.42. The highest BCUT2D eigenvalue weighted by molar-refractivity contribution is 5.12. The summed E-state index contributed by atoms with van der Waals surface area (Å²) in [6.07, 6.45) is 5.36. The molecule has 3 nitrogen and oxygen atoms in total. The summed E-state index contributed by atoms with van der Waals surface area (Å²) >= 11 is 0. The van der Waals surface area contributed by atoms with Crippen LogP contribution in [0, 0.1) is 6.92 Å². The van der Waals surface area contributed by atoms with Gasteiger partial charge in [-0.15, -0.1) is 0 Å². The molecule has 13 heavy (non-hydrogen) atoms. The summed E-state index contributed by atoms with van der Waals surface area (Å²) in [5, 5.41) is 0. The second-order valence-electron chi connectivity index (χ2n) is 3.73. The molecule has 0 bridgehead atoms. The second-order valence-corrected chi connectivity index (χ2v) is 3.73. The summed E-state index contributed by atoms with van der Waals surface area (Å²) in [7, 11) is 0. The van der Waals surface area contributed by atoms with E-state index in [4.69, 9.17) is 5.73 Å². The maximum absolute atomic E-state index is 6.00. The molecule has 70 valence electrons. The Labute approximate surface area is 78.4 Å². The summed E-state index contributed by atoms with van der Waals surface area (Å²) in [5.74, 6) is 1.30. The molecule has 1 heterocycles. The Balaban J connectivity index is 2.24. The zero-order valence-corrected chi connectivity index (χ0v) is 7.90. The maximum Gasteiger partial charge on any atom is 0.125 e. The van der Waals surface area contributed by atoms with E-state index in [9.17, 15) is 0 Å². The van der Waals surface area contributed by atoms with Gasteiger partial charge in [-0.05, 0) is 25.8 Å². The first-order valence-corrected chi connectivity index (χ1v) is 4.82. The molecular formula is C10H15N3. The molecule has 0 saturated heterocycles. The van der Waals surface area contributed by atoms with E-state index in [0.717, 1.165) is 17.9 Å². The highest BCUT2D eigenvalue weighted by Gasteiger charge is 2.26. The van der Waals surface area contributed by atoms with Crippen LogP contribution in [0.3, 0.4) is 0 Å². The lowest BCUT2D eigenvalue weighted by Crippen LogP contribution is -2.23. The molecular weight excluding hydrogens is 162 g/mol.